The van der Waals surface area contributed by atoms with Crippen molar-refractivity contribution in [2.24, 2.45) is 5.92 Å². The number of hydrogen-bond donors (Lipinski definition) is 2. The minimum absolute atomic E-state index is 0.245. The van der Waals surface area contributed by atoms with Gasteiger partial charge in [-0.1, -0.05) is 31.0 Å². The fourth-order valence-corrected chi connectivity index (χ4v) is 3.18. The maximum absolute atomic E-state index is 9.52. The standard InChI is InChI=1S/C17H27NO2/c1-3-20-17-11-7-5-9-15(17)13(2)18-16-10-6-4-8-14(16)12-19/h5,7,9,11,13-14,16,18-19H,3-4,6,8,10,12H2,1-2H3. The van der Waals surface area contributed by atoms with Crippen LogP contribution in [-0.4, -0.2) is 24.4 Å². The number of para-hydroxylation sites is 1. The minimum atomic E-state index is 0.245. The Kier molecular flexibility index (Phi) is 5.86. The van der Waals surface area contributed by atoms with Gasteiger partial charge in [0.15, 0.2) is 0 Å². The third-order valence-corrected chi connectivity index (χ3v) is 4.29. The van der Waals surface area contributed by atoms with Crippen LogP contribution in [0.15, 0.2) is 24.3 Å². The van der Waals surface area contributed by atoms with Crippen molar-refractivity contribution in [2.45, 2.75) is 51.6 Å². The Balaban J connectivity index is 2.05. The summed E-state index contributed by atoms with van der Waals surface area (Å²) in [5.74, 6) is 1.36. The molecule has 0 aromatic heterocycles. The average molecular weight is 277 g/mol. The molecule has 0 aliphatic heterocycles. The van der Waals surface area contributed by atoms with Crippen molar-refractivity contribution >= 4 is 0 Å². The van der Waals surface area contributed by atoms with Gasteiger partial charge in [-0.25, -0.2) is 0 Å². The van der Waals surface area contributed by atoms with Gasteiger partial charge in [-0.05, 0) is 38.7 Å². The molecule has 3 unspecified atom stereocenters. The maximum atomic E-state index is 9.52. The second-order valence-corrected chi connectivity index (χ2v) is 5.69. The lowest BCUT2D eigenvalue weighted by atomic mass is 9.84. The lowest BCUT2D eigenvalue weighted by Crippen LogP contribution is -2.41. The molecular formula is C17H27NO2. The van der Waals surface area contributed by atoms with Crippen LogP contribution in [0.25, 0.3) is 0 Å². The van der Waals surface area contributed by atoms with Crippen molar-refractivity contribution < 1.29 is 9.84 Å². The Morgan fingerprint density at radius 2 is 2.05 bits per heavy atom. The van der Waals surface area contributed by atoms with E-state index in [4.69, 9.17) is 4.74 Å². The second kappa shape index (κ2) is 7.65. The minimum Gasteiger partial charge on any atom is -0.494 e. The zero-order valence-corrected chi connectivity index (χ0v) is 12.6. The first-order chi connectivity index (χ1) is 9.76. The van der Waals surface area contributed by atoms with Crippen LogP contribution in [0, 0.1) is 5.92 Å². The van der Waals surface area contributed by atoms with Crippen LogP contribution < -0.4 is 10.1 Å². The zero-order chi connectivity index (χ0) is 14.4. The fraction of sp³-hybridized carbons (Fsp3) is 0.647. The van der Waals surface area contributed by atoms with Gasteiger partial charge >= 0.3 is 0 Å². The van der Waals surface area contributed by atoms with E-state index < -0.39 is 0 Å². The van der Waals surface area contributed by atoms with Crippen LogP contribution in [0.5, 0.6) is 5.75 Å². The summed E-state index contributed by atoms with van der Waals surface area (Å²) in [6.45, 7) is 5.17. The summed E-state index contributed by atoms with van der Waals surface area (Å²) in [7, 11) is 0. The molecule has 1 aliphatic carbocycles. The third-order valence-electron chi connectivity index (χ3n) is 4.29. The number of benzene rings is 1. The summed E-state index contributed by atoms with van der Waals surface area (Å²) < 4.78 is 5.71. The van der Waals surface area contributed by atoms with E-state index in [1.807, 2.05) is 19.1 Å². The Labute approximate surface area is 122 Å². The summed E-state index contributed by atoms with van der Waals surface area (Å²) in [4.78, 5) is 0. The van der Waals surface area contributed by atoms with Crippen molar-refractivity contribution in [3.05, 3.63) is 29.8 Å². The number of aliphatic hydroxyl groups excluding tert-OH is 1. The highest BCUT2D eigenvalue weighted by Gasteiger charge is 2.26. The summed E-state index contributed by atoms with van der Waals surface area (Å²) in [6, 6.07) is 8.88. The highest BCUT2D eigenvalue weighted by Crippen LogP contribution is 2.29. The van der Waals surface area contributed by atoms with E-state index in [0.717, 1.165) is 18.6 Å². The van der Waals surface area contributed by atoms with Gasteiger partial charge in [-0.3, -0.25) is 0 Å². The van der Waals surface area contributed by atoms with Gasteiger partial charge in [0.05, 0.1) is 6.61 Å². The van der Waals surface area contributed by atoms with Crippen molar-refractivity contribution in [3.8, 4) is 5.75 Å². The average Bonchev–Trinajstić information content (AvgIpc) is 2.48. The van der Waals surface area contributed by atoms with Gasteiger partial charge in [-0.15, -0.1) is 0 Å². The SMILES string of the molecule is CCOc1ccccc1C(C)NC1CCCCC1CO. The largest absolute Gasteiger partial charge is 0.494 e. The molecule has 112 valence electrons. The van der Waals surface area contributed by atoms with E-state index in [-0.39, 0.29) is 12.6 Å². The van der Waals surface area contributed by atoms with Gasteiger partial charge in [0.2, 0.25) is 0 Å². The molecular weight excluding hydrogens is 250 g/mol. The summed E-state index contributed by atoms with van der Waals surface area (Å²) in [5, 5.41) is 13.2. The molecule has 0 spiro atoms. The predicted octanol–water partition coefficient (Wildman–Crippen LogP) is 3.29. The molecule has 2 rings (SSSR count). The van der Waals surface area contributed by atoms with Crippen LogP contribution in [0.2, 0.25) is 0 Å². The molecule has 1 saturated carbocycles. The zero-order valence-electron chi connectivity index (χ0n) is 12.6. The van der Waals surface area contributed by atoms with Crippen molar-refractivity contribution in [1.29, 1.82) is 0 Å². The topological polar surface area (TPSA) is 41.5 Å². The molecule has 1 aromatic rings. The van der Waals surface area contributed by atoms with Gasteiger partial charge < -0.3 is 15.2 Å². The fourth-order valence-electron chi connectivity index (χ4n) is 3.18. The molecule has 20 heavy (non-hydrogen) atoms. The quantitative estimate of drug-likeness (QED) is 0.838. The molecule has 0 saturated heterocycles. The number of nitrogens with one attached hydrogen (secondary N) is 1. The first-order valence-electron chi connectivity index (χ1n) is 7.84. The molecule has 3 nitrogen and oxygen atoms in total. The molecule has 0 radical (unpaired) electrons. The van der Waals surface area contributed by atoms with E-state index in [1.165, 1.54) is 18.4 Å². The number of rotatable bonds is 6. The number of aliphatic hydroxyl groups is 1. The lowest BCUT2D eigenvalue weighted by molar-refractivity contribution is 0.147. The Bertz CT molecular complexity index is 408. The molecule has 1 fully saturated rings. The Morgan fingerprint density at radius 1 is 1.30 bits per heavy atom. The summed E-state index contributed by atoms with van der Waals surface area (Å²) in [6.07, 6.45) is 4.79. The molecule has 1 aromatic carbocycles. The Morgan fingerprint density at radius 3 is 2.80 bits per heavy atom. The molecule has 1 aliphatic rings. The highest BCUT2D eigenvalue weighted by molar-refractivity contribution is 5.35. The molecule has 3 atom stereocenters. The van der Waals surface area contributed by atoms with Crippen LogP contribution >= 0.6 is 0 Å². The van der Waals surface area contributed by atoms with Gasteiger partial charge in [0, 0.05) is 24.3 Å². The Hall–Kier alpha value is -1.06. The van der Waals surface area contributed by atoms with Gasteiger partial charge in [0.25, 0.3) is 0 Å². The van der Waals surface area contributed by atoms with Crippen LogP contribution in [0.3, 0.4) is 0 Å². The second-order valence-electron chi connectivity index (χ2n) is 5.69. The van der Waals surface area contributed by atoms with Gasteiger partial charge in [0.1, 0.15) is 5.75 Å². The number of ether oxygens (including phenoxy) is 1. The van der Waals surface area contributed by atoms with Crippen LogP contribution in [0.1, 0.15) is 51.1 Å². The normalized spacial score (nSPS) is 24.4. The summed E-state index contributed by atoms with van der Waals surface area (Å²) in [5.41, 5.74) is 1.21. The number of hydrogen-bond acceptors (Lipinski definition) is 3. The molecule has 3 heteroatoms. The molecule has 2 N–H and O–H groups in total. The van der Waals surface area contributed by atoms with Crippen molar-refractivity contribution in [1.82, 2.24) is 5.32 Å². The summed E-state index contributed by atoms with van der Waals surface area (Å²) >= 11 is 0. The van der Waals surface area contributed by atoms with Gasteiger partial charge in [-0.2, -0.15) is 0 Å². The first kappa shape index (κ1) is 15.3. The van der Waals surface area contributed by atoms with Crippen LogP contribution in [-0.2, 0) is 0 Å². The van der Waals surface area contributed by atoms with Crippen LogP contribution in [0.4, 0.5) is 0 Å². The monoisotopic (exact) mass is 277 g/mol. The molecule has 0 amide bonds. The van der Waals surface area contributed by atoms with E-state index in [9.17, 15) is 5.11 Å². The van der Waals surface area contributed by atoms with E-state index >= 15 is 0 Å². The van der Waals surface area contributed by atoms with Crippen molar-refractivity contribution in [3.63, 3.8) is 0 Å². The smallest absolute Gasteiger partial charge is 0.124 e. The third kappa shape index (κ3) is 3.74. The predicted molar refractivity (Wildman–Crippen MR) is 82.0 cm³/mol. The lowest BCUT2D eigenvalue weighted by Gasteiger charge is -2.33. The van der Waals surface area contributed by atoms with E-state index in [2.05, 4.69) is 24.4 Å². The molecule has 0 bridgehead atoms. The highest BCUT2D eigenvalue weighted by atomic mass is 16.5. The maximum Gasteiger partial charge on any atom is 0.124 e. The first-order valence-corrected chi connectivity index (χ1v) is 7.84. The van der Waals surface area contributed by atoms with E-state index in [0.29, 0.717) is 18.6 Å². The molecule has 0 heterocycles. The van der Waals surface area contributed by atoms with Crippen molar-refractivity contribution in [2.75, 3.05) is 13.2 Å². The van der Waals surface area contributed by atoms with E-state index in [1.54, 1.807) is 0 Å².